The number of nitriles is 1. The zero-order valence-electron chi connectivity index (χ0n) is 15.5. The second kappa shape index (κ2) is 7.57. The van der Waals surface area contributed by atoms with E-state index in [4.69, 9.17) is 0 Å². The zero-order chi connectivity index (χ0) is 18.7. The molecule has 1 fully saturated rings. The summed E-state index contributed by atoms with van der Waals surface area (Å²) in [6.45, 7) is 6.01. The normalized spacial score (nSPS) is 15.1. The van der Waals surface area contributed by atoms with Crippen molar-refractivity contribution < 1.29 is 4.79 Å². The Labute approximate surface area is 154 Å². The van der Waals surface area contributed by atoms with Crippen molar-refractivity contribution in [3.63, 3.8) is 0 Å². The van der Waals surface area contributed by atoms with Gasteiger partial charge < -0.3 is 9.88 Å². The van der Waals surface area contributed by atoms with E-state index in [1.165, 1.54) is 0 Å². The van der Waals surface area contributed by atoms with Crippen LogP contribution in [-0.4, -0.2) is 21.5 Å². The Balaban J connectivity index is 1.91. The number of carbonyl (C=O) groups excluding carboxylic acids is 1. The first-order valence-electron chi connectivity index (χ1n) is 9.04. The molecule has 0 radical (unpaired) electrons. The van der Waals surface area contributed by atoms with Gasteiger partial charge in [0.05, 0.1) is 0 Å². The van der Waals surface area contributed by atoms with Crippen LogP contribution in [0.4, 0.5) is 0 Å². The van der Waals surface area contributed by atoms with Gasteiger partial charge in [0.15, 0.2) is 0 Å². The van der Waals surface area contributed by atoms with Crippen molar-refractivity contribution in [1.29, 1.82) is 5.26 Å². The highest BCUT2D eigenvalue weighted by atomic mass is 16.1. The second-order valence-electron chi connectivity index (χ2n) is 6.98. The van der Waals surface area contributed by atoms with Crippen molar-refractivity contribution in [1.82, 2.24) is 14.9 Å². The lowest BCUT2D eigenvalue weighted by atomic mass is 10.1. The molecule has 1 N–H and O–H groups in total. The number of amides is 1. The van der Waals surface area contributed by atoms with Gasteiger partial charge in [-0.1, -0.05) is 12.8 Å². The van der Waals surface area contributed by atoms with Gasteiger partial charge in [-0.2, -0.15) is 5.26 Å². The molecule has 2 aromatic rings. The maximum atomic E-state index is 12.4. The van der Waals surface area contributed by atoms with Gasteiger partial charge in [0, 0.05) is 23.6 Å². The van der Waals surface area contributed by atoms with Crippen LogP contribution in [0.25, 0.3) is 11.9 Å². The van der Waals surface area contributed by atoms with Crippen molar-refractivity contribution in [3.05, 3.63) is 52.5 Å². The van der Waals surface area contributed by atoms with Crippen LogP contribution >= 0.6 is 0 Å². The van der Waals surface area contributed by atoms with E-state index in [0.29, 0.717) is 0 Å². The number of hydrogen-bond donors (Lipinski definition) is 1. The van der Waals surface area contributed by atoms with Crippen LogP contribution in [-0.2, 0) is 4.79 Å². The number of pyridine rings is 1. The van der Waals surface area contributed by atoms with E-state index in [2.05, 4.69) is 16.4 Å². The highest BCUT2D eigenvalue weighted by molar-refractivity contribution is 6.02. The van der Waals surface area contributed by atoms with Crippen LogP contribution < -0.4 is 5.32 Å². The lowest BCUT2D eigenvalue weighted by Gasteiger charge is -2.11. The second-order valence-corrected chi connectivity index (χ2v) is 6.98. The van der Waals surface area contributed by atoms with Gasteiger partial charge in [0.25, 0.3) is 5.91 Å². The van der Waals surface area contributed by atoms with Crippen molar-refractivity contribution in [2.24, 2.45) is 0 Å². The molecule has 0 saturated heterocycles. The molecular formula is C21H24N4O. The van der Waals surface area contributed by atoms with Gasteiger partial charge in [-0.3, -0.25) is 4.79 Å². The molecule has 1 saturated carbocycles. The lowest BCUT2D eigenvalue weighted by molar-refractivity contribution is -0.117. The molecular weight excluding hydrogens is 324 g/mol. The molecule has 26 heavy (non-hydrogen) atoms. The summed E-state index contributed by atoms with van der Waals surface area (Å²) >= 11 is 0. The van der Waals surface area contributed by atoms with Gasteiger partial charge in [-0.05, 0) is 69.0 Å². The van der Waals surface area contributed by atoms with E-state index in [1.807, 2.05) is 43.5 Å². The van der Waals surface area contributed by atoms with E-state index in [-0.39, 0.29) is 17.5 Å². The number of carbonyl (C=O) groups is 1. The van der Waals surface area contributed by atoms with Crippen molar-refractivity contribution in [2.75, 3.05) is 0 Å². The smallest absolute Gasteiger partial charge is 0.262 e. The highest BCUT2D eigenvalue weighted by Gasteiger charge is 2.20. The summed E-state index contributed by atoms with van der Waals surface area (Å²) in [5.41, 5.74) is 4.12. The average molecular weight is 348 g/mol. The van der Waals surface area contributed by atoms with E-state index in [9.17, 15) is 10.1 Å². The first-order valence-corrected chi connectivity index (χ1v) is 9.04. The molecule has 0 aromatic carbocycles. The summed E-state index contributed by atoms with van der Waals surface area (Å²) in [6, 6.07) is 8.21. The number of nitrogens with zero attached hydrogens (tertiary/aromatic N) is 3. The van der Waals surface area contributed by atoms with Crippen molar-refractivity contribution >= 4 is 12.0 Å². The minimum Gasteiger partial charge on any atom is -0.349 e. The van der Waals surface area contributed by atoms with Crippen LogP contribution in [0.1, 0.15) is 48.2 Å². The molecule has 1 amide bonds. The van der Waals surface area contributed by atoms with Crippen LogP contribution in [0.15, 0.2) is 30.0 Å². The number of nitrogens with one attached hydrogen (secondary N) is 1. The average Bonchev–Trinajstić information content (AvgIpc) is 3.20. The fraction of sp³-hybridized carbons (Fsp3) is 0.381. The third-order valence-corrected chi connectivity index (χ3v) is 4.96. The number of hydrogen-bond acceptors (Lipinski definition) is 3. The van der Waals surface area contributed by atoms with Crippen molar-refractivity contribution in [3.8, 4) is 11.9 Å². The molecule has 0 aliphatic heterocycles. The van der Waals surface area contributed by atoms with E-state index < -0.39 is 0 Å². The Hall–Kier alpha value is -2.87. The van der Waals surface area contributed by atoms with Gasteiger partial charge >= 0.3 is 0 Å². The first-order chi connectivity index (χ1) is 12.5. The SMILES string of the molecule is Cc1ccnc(-n2c(C)cc(/C=C(/C#N)C(=O)NC3CCCC3)c2C)c1. The predicted molar refractivity (Wildman–Crippen MR) is 102 cm³/mol. The fourth-order valence-electron chi connectivity index (χ4n) is 3.57. The summed E-state index contributed by atoms with van der Waals surface area (Å²) in [5.74, 6) is 0.562. The first kappa shape index (κ1) is 17.9. The summed E-state index contributed by atoms with van der Waals surface area (Å²) < 4.78 is 2.04. The van der Waals surface area contributed by atoms with Crippen LogP contribution in [0.3, 0.4) is 0 Å². The Kier molecular flexibility index (Phi) is 5.22. The molecule has 5 nitrogen and oxygen atoms in total. The molecule has 2 aromatic heterocycles. The predicted octanol–water partition coefficient (Wildman–Crippen LogP) is 3.76. The lowest BCUT2D eigenvalue weighted by Crippen LogP contribution is -2.33. The van der Waals surface area contributed by atoms with Gasteiger partial charge in [-0.15, -0.1) is 0 Å². The monoisotopic (exact) mass is 348 g/mol. The summed E-state index contributed by atoms with van der Waals surface area (Å²) in [5, 5.41) is 12.4. The highest BCUT2D eigenvalue weighted by Crippen LogP contribution is 2.23. The zero-order valence-corrected chi connectivity index (χ0v) is 15.5. The van der Waals surface area contributed by atoms with Gasteiger partial charge in [0.1, 0.15) is 17.5 Å². The minimum atomic E-state index is -0.280. The fourth-order valence-corrected chi connectivity index (χ4v) is 3.57. The Morgan fingerprint density at radius 2 is 2.04 bits per heavy atom. The number of aromatic nitrogens is 2. The van der Waals surface area contributed by atoms with E-state index in [1.54, 1.807) is 12.3 Å². The Bertz CT molecular complexity index is 895. The molecule has 5 heteroatoms. The molecule has 1 aliphatic rings. The largest absolute Gasteiger partial charge is 0.349 e. The minimum absolute atomic E-state index is 0.148. The van der Waals surface area contributed by atoms with E-state index in [0.717, 1.165) is 54.0 Å². The third-order valence-electron chi connectivity index (χ3n) is 4.96. The van der Waals surface area contributed by atoms with Gasteiger partial charge in [-0.25, -0.2) is 4.98 Å². The maximum absolute atomic E-state index is 12.4. The topological polar surface area (TPSA) is 70.7 Å². The van der Waals surface area contributed by atoms with Crippen molar-refractivity contribution in [2.45, 2.75) is 52.5 Å². The molecule has 2 heterocycles. The summed E-state index contributed by atoms with van der Waals surface area (Å²) in [7, 11) is 0. The van der Waals surface area contributed by atoms with E-state index >= 15 is 0 Å². The molecule has 0 bridgehead atoms. The summed E-state index contributed by atoms with van der Waals surface area (Å²) in [6.07, 6.45) is 7.74. The Morgan fingerprint density at radius 3 is 2.69 bits per heavy atom. The number of rotatable bonds is 4. The summed E-state index contributed by atoms with van der Waals surface area (Å²) in [4.78, 5) is 16.9. The maximum Gasteiger partial charge on any atom is 0.262 e. The van der Waals surface area contributed by atoms with Gasteiger partial charge in [0.2, 0.25) is 0 Å². The van der Waals surface area contributed by atoms with Crippen LogP contribution in [0.5, 0.6) is 0 Å². The standard InChI is InChI=1S/C21H24N4O/c1-14-8-9-23-20(10-14)25-15(2)11-17(16(25)3)12-18(13-22)21(26)24-19-6-4-5-7-19/h8-12,19H,4-7H2,1-3H3,(H,24,26)/b18-12-. The third kappa shape index (κ3) is 3.70. The van der Waals surface area contributed by atoms with Crippen LogP contribution in [0, 0.1) is 32.1 Å². The quantitative estimate of drug-likeness (QED) is 0.675. The molecule has 0 unspecified atom stereocenters. The number of aryl methyl sites for hydroxylation is 2. The van der Waals surface area contributed by atoms with Crippen LogP contribution in [0.2, 0.25) is 0 Å². The molecule has 3 rings (SSSR count). The molecule has 0 spiro atoms. The molecule has 0 atom stereocenters. The Morgan fingerprint density at radius 1 is 1.31 bits per heavy atom. The molecule has 134 valence electrons. The molecule has 1 aliphatic carbocycles.